The molecule has 21 heavy (non-hydrogen) atoms. The molecular weight excluding hydrogens is 262 g/mol. The molecule has 1 aliphatic rings. The predicted octanol–water partition coefficient (Wildman–Crippen LogP) is 3.26. The van der Waals surface area contributed by atoms with Crippen LogP contribution in [0, 0.1) is 13.8 Å². The van der Waals surface area contributed by atoms with E-state index in [1.807, 2.05) is 0 Å². The van der Waals surface area contributed by atoms with Gasteiger partial charge in [0.15, 0.2) is 5.82 Å². The highest BCUT2D eigenvalue weighted by Crippen LogP contribution is 2.31. The summed E-state index contributed by atoms with van der Waals surface area (Å²) in [6, 6.07) is 6.83. The Kier molecular flexibility index (Phi) is 4.06. The summed E-state index contributed by atoms with van der Waals surface area (Å²) in [5, 5.41) is 4.14. The third-order valence-corrected chi connectivity index (χ3v) is 4.54. The second kappa shape index (κ2) is 5.98. The van der Waals surface area contributed by atoms with Gasteiger partial charge in [-0.05, 0) is 56.2 Å². The third-order valence-electron chi connectivity index (χ3n) is 4.54. The Labute approximate surface area is 125 Å². The molecule has 0 amide bonds. The Morgan fingerprint density at radius 1 is 1.14 bits per heavy atom. The number of aryl methyl sites for hydroxylation is 2. The minimum atomic E-state index is 0.346. The van der Waals surface area contributed by atoms with Crippen LogP contribution in [0.2, 0.25) is 0 Å². The highest BCUT2D eigenvalue weighted by molar-refractivity contribution is 5.31. The van der Waals surface area contributed by atoms with E-state index in [-0.39, 0.29) is 0 Å². The molecule has 1 aromatic heterocycles. The molecule has 3 rings (SSSR count). The number of nitrogens with zero attached hydrogens (tertiary/aromatic N) is 2. The van der Waals surface area contributed by atoms with Crippen LogP contribution in [-0.2, 0) is 6.42 Å². The lowest BCUT2D eigenvalue weighted by molar-refractivity contribution is 0.300. The fraction of sp³-hybridized carbons (Fsp3) is 0.529. The van der Waals surface area contributed by atoms with E-state index in [1.165, 1.54) is 16.7 Å². The Balaban J connectivity index is 1.68. The van der Waals surface area contributed by atoms with Crippen molar-refractivity contribution < 1.29 is 4.52 Å². The van der Waals surface area contributed by atoms with E-state index >= 15 is 0 Å². The zero-order valence-corrected chi connectivity index (χ0v) is 12.8. The number of benzene rings is 1. The summed E-state index contributed by atoms with van der Waals surface area (Å²) in [5.74, 6) is 1.97. The van der Waals surface area contributed by atoms with Gasteiger partial charge in [-0.3, -0.25) is 0 Å². The molecule has 1 aliphatic carbocycles. The summed E-state index contributed by atoms with van der Waals surface area (Å²) in [4.78, 5) is 4.59. The van der Waals surface area contributed by atoms with Crippen LogP contribution in [0.15, 0.2) is 22.7 Å². The minimum Gasteiger partial charge on any atom is -0.339 e. The van der Waals surface area contributed by atoms with Crippen LogP contribution in [0.5, 0.6) is 0 Å². The molecule has 1 heterocycles. The number of rotatable bonds is 3. The van der Waals surface area contributed by atoms with E-state index in [0.717, 1.165) is 43.8 Å². The summed E-state index contributed by atoms with van der Waals surface area (Å²) >= 11 is 0. The molecule has 2 N–H and O–H groups in total. The first kappa shape index (κ1) is 14.3. The van der Waals surface area contributed by atoms with Gasteiger partial charge in [0.25, 0.3) is 0 Å². The normalized spacial score (nSPS) is 22.4. The van der Waals surface area contributed by atoms with Crippen molar-refractivity contribution in [2.24, 2.45) is 5.73 Å². The van der Waals surface area contributed by atoms with Gasteiger partial charge >= 0.3 is 0 Å². The average Bonchev–Trinajstić information content (AvgIpc) is 2.92. The molecule has 4 nitrogen and oxygen atoms in total. The molecule has 2 aromatic rings. The van der Waals surface area contributed by atoms with E-state index in [0.29, 0.717) is 12.0 Å². The van der Waals surface area contributed by atoms with Crippen LogP contribution in [0.1, 0.15) is 60.0 Å². The van der Waals surface area contributed by atoms with Crippen molar-refractivity contribution in [1.29, 1.82) is 0 Å². The quantitative estimate of drug-likeness (QED) is 0.940. The van der Waals surface area contributed by atoms with Gasteiger partial charge in [-0.15, -0.1) is 0 Å². The zero-order chi connectivity index (χ0) is 14.8. The molecule has 112 valence electrons. The molecule has 1 fully saturated rings. The standard InChI is InChI=1S/C17H23N3O/c1-11-3-4-13(9-12(11)2)10-16-19-17(21-20-16)14-5-7-15(18)8-6-14/h3-4,9,14-15H,5-8,10,18H2,1-2H3. The van der Waals surface area contributed by atoms with Crippen molar-refractivity contribution >= 4 is 0 Å². The molecule has 1 aromatic carbocycles. The van der Waals surface area contributed by atoms with Gasteiger partial charge in [-0.2, -0.15) is 4.98 Å². The van der Waals surface area contributed by atoms with Gasteiger partial charge in [0.05, 0.1) is 0 Å². The summed E-state index contributed by atoms with van der Waals surface area (Å²) in [6.45, 7) is 4.26. The molecule has 1 saturated carbocycles. The van der Waals surface area contributed by atoms with Crippen LogP contribution in [0.3, 0.4) is 0 Å². The monoisotopic (exact) mass is 285 g/mol. The molecule has 4 heteroatoms. The molecular formula is C17H23N3O. The van der Waals surface area contributed by atoms with E-state index in [1.54, 1.807) is 0 Å². The topological polar surface area (TPSA) is 64.9 Å². The van der Waals surface area contributed by atoms with Gasteiger partial charge in [0.1, 0.15) is 0 Å². The van der Waals surface area contributed by atoms with Crippen molar-refractivity contribution in [1.82, 2.24) is 10.1 Å². The van der Waals surface area contributed by atoms with E-state index in [2.05, 4.69) is 42.2 Å². The Morgan fingerprint density at radius 3 is 2.62 bits per heavy atom. The number of hydrogen-bond donors (Lipinski definition) is 1. The number of hydrogen-bond acceptors (Lipinski definition) is 4. The zero-order valence-electron chi connectivity index (χ0n) is 12.8. The van der Waals surface area contributed by atoms with Crippen LogP contribution in [-0.4, -0.2) is 16.2 Å². The number of nitrogens with two attached hydrogens (primary N) is 1. The smallest absolute Gasteiger partial charge is 0.229 e. The van der Waals surface area contributed by atoms with E-state index < -0.39 is 0 Å². The second-order valence-electron chi connectivity index (χ2n) is 6.26. The molecule has 0 bridgehead atoms. The first-order chi connectivity index (χ1) is 10.1. The van der Waals surface area contributed by atoms with Crippen molar-refractivity contribution in [3.63, 3.8) is 0 Å². The summed E-state index contributed by atoms with van der Waals surface area (Å²) in [7, 11) is 0. The van der Waals surface area contributed by atoms with Crippen LogP contribution in [0.25, 0.3) is 0 Å². The Hall–Kier alpha value is -1.68. The van der Waals surface area contributed by atoms with Gasteiger partial charge < -0.3 is 10.3 Å². The maximum atomic E-state index is 5.94. The van der Waals surface area contributed by atoms with Crippen molar-refractivity contribution in [3.8, 4) is 0 Å². The average molecular weight is 285 g/mol. The predicted molar refractivity (Wildman–Crippen MR) is 82.2 cm³/mol. The molecule has 0 atom stereocenters. The fourth-order valence-electron chi connectivity index (χ4n) is 2.97. The Morgan fingerprint density at radius 2 is 1.90 bits per heavy atom. The molecule has 0 saturated heterocycles. The highest BCUT2D eigenvalue weighted by atomic mass is 16.5. The lowest BCUT2D eigenvalue weighted by atomic mass is 9.86. The molecule has 0 radical (unpaired) electrons. The largest absolute Gasteiger partial charge is 0.339 e. The maximum absolute atomic E-state index is 5.94. The SMILES string of the molecule is Cc1ccc(Cc2noc(C3CCC(N)CC3)n2)cc1C. The molecule has 0 unspecified atom stereocenters. The van der Waals surface area contributed by atoms with Gasteiger partial charge in [-0.1, -0.05) is 23.4 Å². The van der Waals surface area contributed by atoms with Gasteiger partial charge in [-0.25, -0.2) is 0 Å². The summed E-state index contributed by atoms with van der Waals surface area (Å²) < 4.78 is 5.46. The second-order valence-corrected chi connectivity index (χ2v) is 6.26. The Bertz CT molecular complexity index is 612. The van der Waals surface area contributed by atoms with Crippen molar-refractivity contribution in [2.75, 3.05) is 0 Å². The lowest BCUT2D eigenvalue weighted by Gasteiger charge is -2.22. The minimum absolute atomic E-state index is 0.346. The van der Waals surface area contributed by atoms with Gasteiger partial charge in [0, 0.05) is 18.4 Å². The van der Waals surface area contributed by atoms with Crippen LogP contribution >= 0.6 is 0 Å². The number of aromatic nitrogens is 2. The maximum Gasteiger partial charge on any atom is 0.229 e. The van der Waals surface area contributed by atoms with E-state index in [9.17, 15) is 0 Å². The van der Waals surface area contributed by atoms with Crippen molar-refractivity contribution in [2.45, 2.75) is 57.9 Å². The van der Waals surface area contributed by atoms with E-state index in [4.69, 9.17) is 10.3 Å². The van der Waals surface area contributed by atoms with Crippen LogP contribution in [0.4, 0.5) is 0 Å². The van der Waals surface area contributed by atoms with Crippen LogP contribution < -0.4 is 5.73 Å². The highest BCUT2D eigenvalue weighted by Gasteiger charge is 2.24. The summed E-state index contributed by atoms with van der Waals surface area (Å²) in [5.41, 5.74) is 9.79. The first-order valence-electron chi connectivity index (χ1n) is 7.76. The van der Waals surface area contributed by atoms with Crippen molar-refractivity contribution in [3.05, 3.63) is 46.6 Å². The first-order valence-corrected chi connectivity index (χ1v) is 7.76. The molecule has 0 spiro atoms. The fourth-order valence-corrected chi connectivity index (χ4v) is 2.97. The summed E-state index contributed by atoms with van der Waals surface area (Å²) in [6.07, 6.45) is 4.97. The third kappa shape index (κ3) is 3.32. The lowest BCUT2D eigenvalue weighted by Crippen LogP contribution is -2.25. The van der Waals surface area contributed by atoms with Gasteiger partial charge in [0.2, 0.25) is 5.89 Å². The molecule has 0 aliphatic heterocycles.